The van der Waals surface area contributed by atoms with Crippen molar-refractivity contribution >= 4 is 0 Å². The van der Waals surface area contributed by atoms with Crippen LogP contribution in [-0.4, -0.2) is 27.1 Å². The average molecular weight is 245 g/mol. The van der Waals surface area contributed by atoms with Gasteiger partial charge in [0.25, 0.3) is 0 Å². The molecule has 0 amide bonds. The van der Waals surface area contributed by atoms with Gasteiger partial charge in [0.05, 0.1) is 6.04 Å². The van der Waals surface area contributed by atoms with Gasteiger partial charge in [-0.25, -0.2) is 8.78 Å². The molecule has 0 saturated carbocycles. The van der Waals surface area contributed by atoms with Crippen LogP contribution >= 0.6 is 0 Å². The average Bonchev–Trinajstić information content (AvgIpc) is 2.33. The van der Waals surface area contributed by atoms with Gasteiger partial charge in [0.1, 0.15) is 11.6 Å². The van der Waals surface area contributed by atoms with Gasteiger partial charge in [0, 0.05) is 19.8 Å². The molecule has 3 nitrogen and oxygen atoms in total. The molecule has 1 rings (SSSR count). The maximum Gasteiger partial charge on any atom is 0.176 e. The number of halogens is 2. The smallest absolute Gasteiger partial charge is 0.176 e. The van der Waals surface area contributed by atoms with Gasteiger partial charge < -0.3 is 14.8 Å². The number of benzene rings is 1. The molecule has 0 aromatic heterocycles. The molecule has 96 valence electrons. The Balaban J connectivity index is 3.07. The van der Waals surface area contributed by atoms with Crippen LogP contribution in [0.1, 0.15) is 18.5 Å². The zero-order valence-electron chi connectivity index (χ0n) is 10.2. The summed E-state index contributed by atoms with van der Waals surface area (Å²) < 4.78 is 37.0. The Morgan fingerprint density at radius 3 is 2.41 bits per heavy atom. The van der Waals surface area contributed by atoms with Crippen LogP contribution in [0.5, 0.6) is 0 Å². The highest BCUT2D eigenvalue weighted by Gasteiger charge is 2.25. The van der Waals surface area contributed by atoms with Crippen molar-refractivity contribution in [3.8, 4) is 0 Å². The van der Waals surface area contributed by atoms with E-state index in [4.69, 9.17) is 9.47 Å². The molecule has 1 aromatic rings. The zero-order chi connectivity index (χ0) is 12.8. The lowest BCUT2D eigenvalue weighted by molar-refractivity contribution is -0.124. The summed E-state index contributed by atoms with van der Waals surface area (Å²) in [7, 11) is 2.91. The molecule has 1 atom stereocenters. The Morgan fingerprint density at radius 2 is 1.88 bits per heavy atom. The van der Waals surface area contributed by atoms with Crippen molar-refractivity contribution in [1.29, 1.82) is 0 Å². The molecule has 5 heteroatoms. The molecular weight excluding hydrogens is 228 g/mol. The molecule has 17 heavy (non-hydrogen) atoms. The third-order valence-electron chi connectivity index (χ3n) is 2.45. The van der Waals surface area contributed by atoms with Gasteiger partial charge in [-0.1, -0.05) is 6.92 Å². The van der Waals surface area contributed by atoms with Crippen LogP contribution < -0.4 is 5.32 Å². The second kappa shape index (κ2) is 6.64. The lowest BCUT2D eigenvalue weighted by Crippen LogP contribution is -2.35. The maximum atomic E-state index is 13.7. The molecule has 0 radical (unpaired) electrons. The van der Waals surface area contributed by atoms with Gasteiger partial charge in [0.15, 0.2) is 6.29 Å². The van der Waals surface area contributed by atoms with Crippen molar-refractivity contribution in [3.63, 3.8) is 0 Å². The molecule has 1 aromatic carbocycles. The molecule has 0 saturated heterocycles. The third-order valence-corrected chi connectivity index (χ3v) is 2.45. The maximum absolute atomic E-state index is 13.7. The minimum absolute atomic E-state index is 0.195. The van der Waals surface area contributed by atoms with Crippen LogP contribution in [0.3, 0.4) is 0 Å². The number of ether oxygens (including phenoxy) is 2. The van der Waals surface area contributed by atoms with E-state index >= 15 is 0 Å². The molecule has 1 N–H and O–H groups in total. The van der Waals surface area contributed by atoms with E-state index in [1.807, 2.05) is 6.92 Å². The van der Waals surface area contributed by atoms with Crippen molar-refractivity contribution in [2.75, 3.05) is 20.8 Å². The number of nitrogens with one attached hydrogen (secondary N) is 1. The van der Waals surface area contributed by atoms with Crippen LogP contribution in [0, 0.1) is 11.6 Å². The predicted octanol–water partition coefficient (Wildman–Crippen LogP) is 2.23. The highest BCUT2D eigenvalue weighted by atomic mass is 19.1. The Bertz CT molecular complexity index is 356. The van der Waals surface area contributed by atoms with E-state index in [0.29, 0.717) is 6.54 Å². The first-order chi connectivity index (χ1) is 8.13. The highest BCUT2D eigenvalue weighted by Crippen LogP contribution is 2.23. The Hall–Kier alpha value is -1.04. The van der Waals surface area contributed by atoms with Gasteiger partial charge in [-0.3, -0.25) is 0 Å². The van der Waals surface area contributed by atoms with Gasteiger partial charge in [-0.05, 0) is 24.7 Å². The van der Waals surface area contributed by atoms with Crippen molar-refractivity contribution in [3.05, 3.63) is 35.4 Å². The van der Waals surface area contributed by atoms with E-state index in [9.17, 15) is 8.78 Å². The zero-order valence-corrected chi connectivity index (χ0v) is 10.2. The largest absolute Gasteiger partial charge is 0.354 e. The summed E-state index contributed by atoms with van der Waals surface area (Å²) >= 11 is 0. The van der Waals surface area contributed by atoms with Crippen LogP contribution in [0.4, 0.5) is 8.78 Å². The summed E-state index contributed by atoms with van der Waals surface area (Å²) in [6.45, 7) is 2.45. The van der Waals surface area contributed by atoms with Gasteiger partial charge in [-0.15, -0.1) is 0 Å². The molecule has 0 aliphatic heterocycles. The molecule has 0 bridgehead atoms. The normalized spacial score (nSPS) is 13.1. The first-order valence-electron chi connectivity index (χ1n) is 5.38. The highest BCUT2D eigenvalue weighted by molar-refractivity contribution is 5.23. The second-order valence-electron chi connectivity index (χ2n) is 3.54. The predicted molar refractivity (Wildman–Crippen MR) is 60.6 cm³/mol. The van der Waals surface area contributed by atoms with Gasteiger partial charge >= 0.3 is 0 Å². The molecule has 0 aliphatic carbocycles. The Kier molecular flexibility index (Phi) is 5.47. The first kappa shape index (κ1) is 14.0. The summed E-state index contributed by atoms with van der Waals surface area (Å²) in [6, 6.07) is 2.77. The van der Waals surface area contributed by atoms with Crippen molar-refractivity contribution < 1.29 is 18.3 Å². The van der Waals surface area contributed by atoms with Crippen LogP contribution in [0.25, 0.3) is 0 Å². The van der Waals surface area contributed by atoms with Crippen LogP contribution in [-0.2, 0) is 9.47 Å². The third kappa shape index (κ3) is 3.46. The van der Waals surface area contributed by atoms with Gasteiger partial charge in [-0.2, -0.15) is 0 Å². The van der Waals surface area contributed by atoms with Crippen molar-refractivity contribution in [1.82, 2.24) is 5.32 Å². The lowest BCUT2D eigenvalue weighted by Gasteiger charge is -2.26. The monoisotopic (exact) mass is 245 g/mol. The van der Waals surface area contributed by atoms with E-state index in [0.717, 1.165) is 18.2 Å². The Labute approximate surface area is 99.7 Å². The molecule has 1 unspecified atom stereocenters. The molecule has 0 fully saturated rings. The lowest BCUT2D eigenvalue weighted by atomic mass is 10.1. The number of likely N-dealkylation sites (N-methyl/N-ethyl adjacent to an activating group) is 1. The molecule has 0 heterocycles. The summed E-state index contributed by atoms with van der Waals surface area (Å²) in [5, 5.41) is 3.01. The molecule has 0 aliphatic rings. The fraction of sp³-hybridized carbons (Fsp3) is 0.500. The van der Waals surface area contributed by atoms with Crippen molar-refractivity contribution in [2.24, 2.45) is 0 Å². The standard InChI is InChI=1S/C12H17F2NO2/c1-4-15-11(12(16-2)17-3)9-7-8(13)5-6-10(9)14/h5-7,11-12,15H,4H2,1-3H3. The summed E-state index contributed by atoms with van der Waals surface area (Å²) in [5.74, 6) is -0.980. The topological polar surface area (TPSA) is 30.5 Å². The first-order valence-corrected chi connectivity index (χ1v) is 5.38. The molecular formula is C12H17F2NO2. The second-order valence-corrected chi connectivity index (χ2v) is 3.54. The van der Waals surface area contributed by atoms with Crippen LogP contribution in [0.2, 0.25) is 0 Å². The number of hydrogen-bond acceptors (Lipinski definition) is 3. The van der Waals surface area contributed by atoms with E-state index in [1.165, 1.54) is 14.2 Å². The number of rotatable bonds is 6. The number of hydrogen-bond donors (Lipinski definition) is 1. The summed E-state index contributed by atoms with van der Waals surface area (Å²) in [4.78, 5) is 0. The minimum atomic E-state index is -0.675. The van der Waals surface area contributed by atoms with E-state index in [-0.39, 0.29) is 5.56 Å². The van der Waals surface area contributed by atoms with Crippen LogP contribution in [0.15, 0.2) is 18.2 Å². The van der Waals surface area contributed by atoms with E-state index in [1.54, 1.807) is 0 Å². The molecule has 0 spiro atoms. The summed E-state index contributed by atoms with van der Waals surface area (Å²) in [5.41, 5.74) is 0.195. The summed E-state index contributed by atoms with van der Waals surface area (Å²) in [6.07, 6.45) is -0.675. The van der Waals surface area contributed by atoms with Gasteiger partial charge in [0.2, 0.25) is 0 Å². The fourth-order valence-electron chi connectivity index (χ4n) is 1.69. The van der Waals surface area contributed by atoms with E-state index in [2.05, 4.69) is 5.32 Å². The number of methoxy groups -OCH3 is 2. The Morgan fingerprint density at radius 1 is 1.24 bits per heavy atom. The SMILES string of the molecule is CCNC(c1cc(F)ccc1F)C(OC)OC. The minimum Gasteiger partial charge on any atom is -0.354 e. The fourth-order valence-corrected chi connectivity index (χ4v) is 1.69. The quantitative estimate of drug-likeness (QED) is 0.780. The van der Waals surface area contributed by atoms with E-state index < -0.39 is 24.0 Å². The van der Waals surface area contributed by atoms with Crippen molar-refractivity contribution in [2.45, 2.75) is 19.3 Å².